The first-order valence-electron chi connectivity index (χ1n) is 9.15. The fraction of sp³-hybridized carbons (Fsp3) is 0.526. The number of nitrogens with zero attached hydrogens (tertiary/aromatic N) is 4. The summed E-state index contributed by atoms with van der Waals surface area (Å²) in [5.41, 5.74) is 0.879. The molecule has 2 fully saturated rings. The summed E-state index contributed by atoms with van der Waals surface area (Å²) in [7, 11) is 3.60. The average Bonchev–Trinajstić information content (AvgIpc) is 3.36. The van der Waals surface area contributed by atoms with Crippen LogP contribution < -0.4 is 10.1 Å². The molecule has 1 saturated carbocycles. The van der Waals surface area contributed by atoms with Gasteiger partial charge in [-0.3, -0.25) is 0 Å². The zero-order chi connectivity index (χ0) is 18.1. The zero-order valence-electron chi connectivity index (χ0n) is 15.3. The summed E-state index contributed by atoms with van der Waals surface area (Å²) < 4.78 is 7.23. The second kappa shape index (κ2) is 6.63. The van der Waals surface area contributed by atoms with Crippen molar-refractivity contribution >= 4 is 11.7 Å². The number of carbonyl (C=O) groups excluding carboxylic acids is 1. The summed E-state index contributed by atoms with van der Waals surface area (Å²) in [6.45, 7) is 1.46. The lowest BCUT2D eigenvalue weighted by molar-refractivity contribution is 0.212. The minimum atomic E-state index is -0.0609. The molecule has 1 aromatic carbocycles. The maximum atomic E-state index is 12.9. The van der Waals surface area contributed by atoms with Gasteiger partial charge in [0.25, 0.3) is 0 Å². The van der Waals surface area contributed by atoms with Gasteiger partial charge in [0.2, 0.25) is 0 Å². The van der Waals surface area contributed by atoms with E-state index in [1.54, 1.807) is 13.4 Å². The number of hydrogen-bond donors (Lipinski definition) is 1. The Morgan fingerprint density at radius 3 is 2.85 bits per heavy atom. The molecule has 1 unspecified atom stereocenters. The molecule has 1 atom stereocenters. The number of benzene rings is 1. The molecule has 1 saturated heterocycles. The Bertz CT molecular complexity index is 797. The Morgan fingerprint density at radius 2 is 2.15 bits per heavy atom. The Balaban J connectivity index is 1.54. The summed E-state index contributed by atoms with van der Waals surface area (Å²) in [5, 5.41) is 11.4. The second-order valence-corrected chi connectivity index (χ2v) is 7.46. The van der Waals surface area contributed by atoms with Crippen molar-refractivity contribution in [1.82, 2.24) is 19.7 Å². The molecule has 1 aliphatic carbocycles. The number of aryl methyl sites for hydroxylation is 1. The number of ether oxygens (including phenoxy) is 1. The summed E-state index contributed by atoms with van der Waals surface area (Å²) >= 11 is 0. The number of methoxy groups -OCH3 is 1. The Morgan fingerprint density at radius 1 is 1.35 bits per heavy atom. The number of likely N-dealkylation sites (tertiary alicyclic amines) is 1. The van der Waals surface area contributed by atoms with Gasteiger partial charge in [-0.15, -0.1) is 10.2 Å². The van der Waals surface area contributed by atoms with Crippen LogP contribution in [0.5, 0.6) is 5.75 Å². The third kappa shape index (κ3) is 2.91. The van der Waals surface area contributed by atoms with Gasteiger partial charge < -0.3 is 19.5 Å². The number of urea groups is 1. The molecule has 0 bridgehead atoms. The predicted molar refractivity (Wildman–Crippen MR) is 98.2 cm³/mol. The number of rotatable bonds is 3. The minimum absolute atomic E-state index is 0.0609. The Labute approximate surface area is 153 Å². The highest BCUT2D eigenvalue weighted by molar-refractivity contribution is 5.89. The molecule has 0 radical (unpaired) electrons. The van der Waals surface area contributed by atoms with Crippen molar-refractivity contribution in [2.75, 3.05) is 25.5 Å². The molecule has 1 spiro atoms. The second-order valence-electron chi connectivity index (χ2n) is 7.46. The highest BCUT2D eigenvalue weighted by atomic mass is 16.5. The van der Waals surface area contributed by atoms with E-state index in [1.807, 2.05) is 40.8 Å². The predicted octanol–water partition coefficient (Wildman–Crippen LogP) is 3.02. The minimum Gasteiger partial charge on any atom is -0.497 e. The summed E-state index contributed by atoms with van der Waals surface area (Å²) in [4.78, 5) is 14.8. The van der Waals surface area contributed by atoms with E-state index in [4.69, 9.17) is 4.74 Å². The fourth-order valence-corrected chi connectivity index (χ4v) is 4.58. The highest BCUT2D eigenvalue weighted by Crippen LogP contribution is 2.52. The molecule has 1 N–H and O–H groups in total. The van der Waals surface area contributed by atoms with Gasteiger partial charge in [-0.2, -0.15) is 0 Å². The molecule has 2 heterocycles. The van der Waals surface area contributed by atoms with Crippen LogP contribution in [0.25, 0.3) is 0 Å². The van der Waals surface area contributed by atoms with E-state index in [0.29, 0.717) is 6.54 Å². The van der Waals surface area contributed by atoms with E-state index in [-0.39, 0.29) is 17.4 Å². The van der Waals surface area contributed by atoms with Crippen LogP contribution in [0.3, 0.4) is 0 Å². The lowest BCUT2D eigenvalue weighted by Gasteiger charge is -2.28. The Hall–Kier alpha value is -2.57. The maximum absolute atomic E-state index is 12.9. The third-order valence-corrected chi connectivity index (χ3v) is 5.91. The van der Waals surface area contributed by atoms with Crippen LogP contribution in [0.2, 0.25) is 0 Å². The van der Waals surface area contributed by atoms with Gasteiger partial charge in [-0.05, 0) is 30.4 Å². The third-order valence-electron chi connectivity index (χ3n) is 5.91. The molecule has 7 nitrogen and oxygen atoms in total. The number of nitrogens with one attached hydrogen (secondary N) is 1. The lowest BCUT2D eigenvalue weighted by Crippen LogP contribution is -2.34. The van der Waals surface area contributed by atoms with Crippen molar-refractivity contribution in [3.63, 3.8) is 0 Å². The van der Waals surface area contributed by atoms with Crippen molar-refractivity contribution in [3.8, 4) is 5.75 Å². The Kier molecular flexibility index (Phi) is 4.30. The van der Waals surface area contributed by atoms with Crippen LogP contribution in [0.1, 0.15) is 37.4 Å². The van der Waals surface area contributed by atoms with Crippen molar-refractivity contribution in [2.45, 2.75) is 31.6 Å². The molecular weight excluding hydrogens is 330 g/mol. The molecule has 26 heavy (non-hydrogen) atoms. The van der Waals surface area contributed by atoms with Gasteiger partial charge >= 0.3 is 6.03 Å². The summed E-state index contributed by atoms with van der Waals surface area (Å²) in [5.74, 6) is 1.96. The van der Waals surface area contributed by atoms with E-state index in [0.717, 1.165) is 36.6 Å². The molecule has 2 aromatic rings. The number of amides is 2. The van der Waals surface area contributed by atoms with Crippen LogP contribution in [0.15, 0.2) is 30.6 Å². The smallest absolute Gasteiger partial charge is 0.321 e. The number of carbonyl (C=O) groups is 1. The van der Waals surface area contributed by atoms with Gasteiger partial charge in [0.1, 0.15) is 17.9 Å². The van der Waals surface area contributed by atoms with Gasteiger partial charge in [-0.25, -0.2) is 4.79 Å². The lowest BCUT2D eigenvalue weighted by atomic mass is 9.76. The molecule has 7 heteroatoms. The first-order chi connectivity index (χ1) is 12.6. The molecule has 4 rings (SSSR count). The van der Waals surface area contributed by atoms with Crippen molar-refractivity contribution in [2.24, 2.45) is 12.5 Å². The van der Waals surface area contributed by atoms with Crippen molar-refractivity contribution in [3.05, 3.63) is 36.4 Å². The number of aromatic nitrogens is 3. The SMILES string of the molecule is COc1cccc(NC(=O)N2CC(c3nncn3C)C3(CCCC3)C2)c1. The van der Waals surface area contributed by atoms with Crippen molar-refractivity contribution in [1.29, 1.82) is 0 Å². The van der Waals surface area contributed by atoms with Crippen LogP contribution in [0, 0.1) is 5.41 Å². The van der Waals surface area contributed by atoms with Gasteiger partial charge in [-0.1, -0.05) is 18.9 Å². The molecule has 2 aliphatic rings. The molecule has 1 aromatic heterocycles. The largest absolute Gasteiger partial charge is 0.497 e. The molecule has 138 valence electrons. The first kappa shape index (κ1) is 16.9. The maximum Gasteiger partial charge on any atom is 0.321 e. The quantitative estimate of drug-likeness (QED) is 0.919. The van der Waals surface area contributed by atoms with Gasteiger partial charge in [0.15, 0.2) is 0 Å². The van der Waals surface area contributed by atoms with Gasteiger partial charge in [0, 0.05) is 37.8 Å². The fourth-order valence-electron chi connectivity index (χ4n) is 4.58. The van der Waals surface area contributed by atoms with E-state index >= 15 is 0 Å². The zero-order valence-corrected chi connectivity index (χ0v) is 15.3. The highest BCUT2D eigenvalue weighted by Gasteiger charge is 2.51. The molecular formula is C19H25N5O2. The van der Waals surface area contributed by atoms with Crippen LogP contribution >= 0.6 is 0 Å². The average molecular weight is 355 g/mol. The summed E-state index contributed by atoms with van der Waals surface area (Å²) in [6.07, 6.45) is 6.48. The van der Waals surface area contributed by atoms with Crippen molar-refractivity contribution < 1.29 is 9.53 Å². The van der Waals surface area contributed by atoms with E-state index in [2.05, 4.69) is 15.5 Å². The van der Waals surface area contributed by atoms with E-state index in [1.165, 1.54) is 12.8 Å². The molecule has 2 amide bonds. The number of hydrogen-bond acceptors (Lipinski definition) is 4. The van der Waals surface area contributed by atoms with E-state index < -0.39 is 0 Å². The van der Waals surface area contributed by atoms with Crippen LogP contribution in [-0.2, 0) is 7.05 Å². The van der Waals surface area contributed by atoms with Crippen LogP contribution in [-0.4, -0.2) is 45.9 Å². The normalized spacial score (nSPS) is 21.3. The number of anilines is 1. The van der Waals surface area contributed by atoms with Gasteiger partial charge in [0.05, 0.1) is 7.11 Å². The standard InChI is InChI=1S/C19H25N5O2/c1-23-13-20-22-17(23)16-11-24(12-19(16)8-3-4-9-19)18(25)21-14-6-5-7-15(10-14)26-2/h5-7,10,13,16H,3-4,8-9,11-12H2,1-2H3,(H,21,25). The first-order valence-corrected chi connectivity index (χ1v) is 9.15. The monoisotopic (exact) mass is 355 g/mol. The molecule has 1 aliphatic heterocycles. The topological polar surface area (TPSA) is 72.3 Å². The van der Waals surface area contributed by atoms with E-state index in [9.17, 15) is 4.79 Å². The van der Waals surface area contributed by atoms with Crippen LogP contribution in [0.4, 0.5) is 10.5 Å². The summed E-state index contributed by atoms with van der Waals surface area (Å²) in [6, 6.07) is 7.39.